The second-order valence-electron chi connectivity index (χ2n) is 3.76. The van der Waals surface area contributed by atoms with E-state index in [2.05, 4.69) is 4.98 Å². The van der Waals surface area contributed by atoms with E-state index in [0.29, 0.717) is 28.6 Å². The Morgan fingerprint density at radius 2 is 2.05 bits per heavy atom. The van der Waals surface area contributed by atoms with Gasteiger partial charge in [-0.1, -0.05) is 0 Å². The summed E-state index contributed by atoms with van der Waals surface area (Å²) in [5.41, 5.74) is 11.7. The molecular formula is C13H13N3O3. The SMILES string of the molecule is COc1ccc(N)c(Oc2ccc(C(N)=O)cn2)c1. The molecule has 4 N–H and O–H groups in total. The number of nitrogens with two attached hydrogens (primary N) is 2. The Kier molecular flexibility index (Phi) is 3.51. The van der Waals surface area contributed by atoms with Crippen molar-refractivity contribution in [2.24, 2.45) is 5.73 Å². The minimum absolute atomic E-state index is 0.310. The van der Waals surface area contributed by atoms with Crippen LogP contribution in [0.2, 0.25) is 0 Å². The number of amides is 1. The first kappa shape index (κ1) is 12.7. The Labute approximate surface area is 110 Å². The molecule has 1 amide bonds. The van der Waals surface area contributed by atoms with Crippen LogP contribution in [-0.4, -0.2) is 18.0 Å². The minimum Gasteiger partial charge on any atom is -0.497 e. The molecule has 0 radical (unpaired) electrons. The molecule has 0 saturated heterocycles. The van der Waals surface area contributed by atoms with Gasteiger partial charge >= 0.3 is 0 Å². The summed E-state index contributed by atoms with van der Waals surface area (Å²) in [4.78, 5) is 14.9. The molecule has 0 aliphatic heterocycles. The maximum absolute atomic E-state index is 10.9. The summed E-state index contributed by atoms with van der Waals surface area (Å²) >= 11 is 0. The fourth-order valence-corrected chi connectivity index (χ4v) is 1.43. The number of methoxy groups -OCH3 is 1. The van der Waals surface area contributed by atoms with Gasteiger partial charge < -0.3 is 20.9 Å². The average Bonchev–Trinajstić information content (AvgIpc) is 2.42. The summed E-state index contributed by atoms with van der Waals surface area (Å²) in [6.07, 6.45) is 1.34. The van der Waals surface area contributed by atoms with Crippen molar-refractivity contribution in [2.75, 3.05) is 12.8 Å². The fraction of sp³-hybridized carbons (Fsp3) is 0.0769. The van der Waals surface area contributed by atoms with E-state index in [1.54, 1.807) is 31.4 Å². The quantitative estimate of drug-likeness (QED) is 0.811. The van der Waals surface area contributed by atoms with E-state index < -0.39 is 5.91 Å². The van der Waals surface area contributed by atoms with Crippen LogP contribution < -0.4 is 20.9 Å². The van der Waals surface area contributed by atoms with Gasteiger partial charge in [0.2, 0.25) is 11.8 Å². The molecular weight excluding hydrogens is 246 g/mol. The molecule has 6 nitrogen and oxygen atoms in total. The number of anilines is 1. The molecule has 0 atom stereocenters. The number of benzene rings is 1. The highest BCUT2D eigenvalue weighted by Gasteiger charge is 2.06. The molecule has 0 aliphatic rings. The van der Waals surface area contributed by atoms with Crippen LogP contribution in [0.15, 0.2) is 36.5 Å². The summed E-state index contributed by atoms with van der Waals surface area (Å²) < 4.78 is 10.6. The first-order valence-electron chi connectivity index (χ1n) is 5.47. The van der Waals surface area contributed by atoms with Gasteiger partial charge in [-0.05, 0) is 18.2 Å². The normalized spacial score (nSPS) is 9.95. The Hall–Kier alpha value is -2.76. The molecule has 98 valence electrons. The third-order valence-corrected chi connectivity index (χ3v) is 2.46. The smallest absolute Gasteiger partial charge is 0.250 e. The number of aromatic nitrogens is 1. The zero-order valence-electron chi connectivity index (χ0n) is 10.3. The van der Waals surface area contributed by atoms with E-state index in [-0.39, 0.29) is 0 Å². The highest BCUT2D eigenvalue weighted by Crippen LogP contribution is 2.30. The lowest BCUT2D eigenvalue weighted by molar-refractivity contribution is 0.1000. The molecule has 0 spiro atoms. The van der Waals surface area contributed by atoms with Crippen molar-refractivity contribution in [1.29, 1.82) is 0 Å². The van der Waals surface area contributed by atoms with Gasteiger partial charge in [0, 0.05) is 18.3 Å². The van der Waals surface area contributed by atoms with Gasteiger partial charge in [0.1, 0.15) is 5.75 Å². The van der Waals surface area contributed by atoms with Crippen LogP contribution in [0.4, 0.5) is 5.69 Å². The molecule has 2 aromatic rings. The first-order valence-corrected chi connectivity index (χ1v) is 5.47. The van der Waals surface area contributed by atoms with Crippen LogP contribution in [0.3, 0.4) is 0 Å². The third kappa shape index (κ3) is 2.92. The molecule has 0 aliphatic carbocycles. The number of carbonyl (C=O) groups is 1. The first-order chi connectivity index (χ1) is 9.10. The van der Waals surface area contributed by atoms with E-state index >= 15 is 0 Å². The topological polar surface area (TPSA) is 100 Å². The number of ether oxygens (including phenoxy) is 2. The predicted molar refractivity (Wildman–Crippen MR) is 70.2 cm³/mol. The number of primary amides is 1. The average molecular weight is 259 g/mol. The minimum atomic E-state index is -0.542. The molecule has 1 aromatic carbocycles. The summed E-state index contributed by atoms with van der Waals surface area (Å²) in [5.74, 6) is 0.821. The van der Waals surface area contributed by atoms with Crippen molar-refractivity contribution >= 4 is 11.6 Å². The van der Waals surface area contributed by atoms with Crippen LogP contribution in [0.1, 0.15) is 10.4 Å². The number of carbonyl (C=O) groups excluding carboxylic acids is 1. The van der Waals surface area contributed by atoms with Crippen LogP contribution in [0.25, 0.3) is 0 Å². The number of hydrogen-bond acceptors (Lipinski definition) is 5. The van der Waals surface area contributed by atoms with Gasteiger partial charge in [0.25, 0.3) is 0 Å². The van der Waals surface area contributed by atoms with Crippen LogP contribution in [0.5, 0.6) is 17.4 Å². The van der Waals surface area contributed by atoms with Crippen molar-refractivity contribution in [3.05, 3.63) is 42.1 Å². The molecule has 0 unspecified atom stereocenters. The van der Waals surface area contributed by atoms with E-state index in [0.717, 1.165) is 0 Å². The molecule has 6 heteroatoms. The van der Waals surface area contributed by atoms with Gasteiger partial charge in [-0.15, -0.1) is 0 Å². The summed E-state index contributed by atoms with van der Waals surface area (Å²) in [6, 6.07) is 8.12. The number of nitrogens with zero attached hydrogens (tertiary/aromatic N) is 1. The number of hydrogen-bond donors (Lipinski definition) is 2. The Morgan fingerprint density at radius 3 is 2.63 bits per heavy atom. The van der Waals surface area contributed by atoms with Crippen LogP contribution in [0, 0.1) is 0 Å². The summed E-state index contributed by atoms with van der Waals surface area (Å²) in [6.45, 7) is 0. The van der Waals surface area contributed by atoms with E-state index in [4.69, 9.17) is 20.9 Å². The zero-order valence-corrected chi connectivity index (χ0v) is 10.3. The molecule has 0 bridgehead atoms. The second kappa shape index (κ2) is 5.26. The number of pyridine rings is 1. The van der Waals surface area contributed by atoms with E-state index in [9.17, 15) is 4.79 Å². The highest BCUT2D eigenvalue weighted by atomic mass is 16.5. The third-order valence-electron chi connectivity index (χ3n) is 2.46. The van der Waals surface area contributed by atoms with Gasteiger partial charge in [-0.2, -0.15) is 0 Å². The maximum atomic E-state index is 10.9. The second-order valence-corrected chi connectivity index (χ2v) is 3.76. The van der Waals surface area contributed by atoms with Gasteiger partial charge in [0.15, 0.2) is 5.75 Å². The van der Waals surface area contributed by atoms with Gasteiger partial charge in [-0.3, -0.25) is 4.79 Å². The number of rotatable bonds is 4. The Morgan fingerprint density at radius 1 is 1.26 bits per heavy atom. The van der Waals surface area contributed by atoms with Crippen LogP contribution in [-0.2, 0) is 0 Å². The van der Waals surface area contributed by atoms with E-state index in [1.165, 1.54) is 12.3 Å². The fourth-order valence-electron chi connectivity index (χ4n) is 1.43. The van der Waals surface area contributed by atoms with Crippen LogP contribution >= 0.6 is 0 Å². The van der Waals surface area contributed by atoms with Crippen molar-refractivity contribution < 1.29 is 14.3 Å². The largest absolute Gasteiger partial charge is 0.497 e. The van der Waals surface area contributed by atoms with Crippen molar-refractivity contribution in [3.8, 4) is 17.4 Å². The molecule has 2 rings (SSSR count). The lowest BCUT2D eigenvalue weighted by Gasteiger charge is -2.09. The lowest BCUT2D eigenvalue weighted by Crippen LogP contribution is -2.10. The molecule has 0 fully saturated rings. The van der Waals surface area contributed by atoms with E-state index in [1.807, 2.05) is 0 Å². The summed E-state index contributed by atoms with van der Waals surface area (Å²) in [7, 11) is 1.55. The standard InChI is InChI=1S/C13H13N3O3/c1-18-9-3-4-10(14)11(6-9)19-12-5-2-8(7-16-12)13(15)17/h2-7H,14H2,1H3,(H2,15,17). The zero-order chi connectivity index (χ0) is 13.8. The number of nitrogen functional groups attached to an aromatic ring is 1. The van der Waals surface area contributed by atoms with Crippen molar-refractivity contribution in [3.63, 3.8) is 0 Å². The summed E-state index contributed by atoms with van der Waals surface area (Å²) in [5, 5.41) is 0. The monoisotopic (exact) mass is 259 g/mol. The predicted octanol–water partition coefficient (Wildman–Crippen LogP) is 1.56. The molecule has 19 heavy (non-hydrogen) atoms. The van der Waals surface area contributed by atoms with Crippen molar-refractivity contribution in [2.45, 2.75) is 0 Å². The highest BCUT2D eigenvalue weighted by molar-refractivity contribution is 5.92. The Balaban J connectivity index is 2.23. The Bertz CT molecular complexity index is 597. The maximum Gasteiger partial charge on any atom is 0.250 e. The van der Waals surface area contributed by atoms with Gasteiger partial charge in [0.05, 0.1) is 18.4 Å². The molecule has 1 heterocycles. The lowest BCUT2D eigenvalue weighted by atomic mass is 10.2. The van der Waals surface area contributed by atoms with Gasteiger partial charge in [-0.25, -0.2) is 4.98 Å². The molecule has 0 saturated carbocycles. The molecule has 1 aromatic heterocycles. The van der Waals surface area contributed by atoms with Crippen molar-refractivity contribution in [1.82, 2.24) is 4.98 Å².